The van der Waals surface area contributed by atoms with Crippen LogP contribution in [0.2, 0.25) is 0 Å². The average molecular weight is 542 g/mol. The normalized spacial score (nSPS) is 11.2. The SMILES string of the molecule is NS(=O)(=O)c1ccc(NCC(=O)Oc2ccc(-c3nc(-c4ccccc4)c(-c4ccccc4)s3)cc2)cc1. The Morgan fingerprint density at radius 2 is 1.39 bits per heavy atom. The molecule has 1 heterocycles. The zero-order valence-corrected chi connectivity index (χ0v) is 21.7. The van der Waals surface area contributed by atoms with E-state index in [1.807, 2.05) is 48.5 Å². The molecule has 7 nitrogen and oxygen atoms in total. The number of esters is 1. The van der Waals surface area contributed by atoms with Crippen LogP contribution in [0.25, 0.3) is 32.3 Å². The van der Waals surface area contributed by atoms with E-state index in [-0.39, 0.29) is 11.4 Å². The maximum Gasteiger partial charge on any atom is 0.330 e. The molecule has 1 aromatic heterocycles. The van der Waals surface area contributed by atoms with Crippen LogP contribution in [0.1, 0.15) is 0 Å². The van der Waals surface area contributed by atoms with Crippen LogP contribution < -0.4 is 15.2 Å². The first kappa shape index (κ1) is 25.3. The molecule has 0 atom stereocenters. The van der Waals surface area contributed by atoms with Gasteiger partial charge in [0, 0.05) is 16.8 Å². The standard InChI is InChI=1S/C29H23N3O4S2/c30-38(34,35)25-17-13-23(14-18-25)31-19-26(33)36-24-15-11-22(12-16-24)29-32-27(20-7-3-1-4-8-20)28(37-29)21-9-5-2-6-10-21/h1-18,31H,19H2,(H2,30,34,35). The molecular weight excluding hydrogens is 518 g/mol. The number of primary sulfonamides is 1. The van der Waals surface area contributed by atoms with E-state index in [0.717, 1.165) is 32.3 Å². The quantitative estimate of drug-likeness (QED) is 0.189. The second-order valence-electron chi connectivity index (χ2n) is 8.35. The van der Waals surface area contributed by atoms with Crippen LogP contribution in [0.3, 0.4) is 0 Å². The third kappa shape index (κ3) is 5.97. The van der Waals surface area contributed by atoms with Gasteiger partial charge in [-0.15, -0.1) is 11.3 Å². The van der Waals surface area contributed by atoms with Gasteiger partial charge < -0.3 is 10.1 Å². The third-order valence-corrected chi connectivity index (χ3v) is 7.75. The van der Waals surface area contributed by atoms with Gasteiger partial charge in [-0.3, -0.25) is 0 Å². The first-order valence-corrected chi connectivity index (χ1v) is 14.0. The minimum absolute atomic E-state index is 0.00211. The summed E-state index contributed by atoms with van der Waals surface area (Å²) in [6.45, 7) is -0.0934. The third-order valence-electron chi connectivity index (χ3n) is 5.66. The summed E-state index contributed by atoms with van der Waals surface area (Å²) in [5.41, 5.74) is 4.56. The van der Waals surface area contributed by atoms with E-state index >= 15 is 0 Å². The highest BCUT2D eigenvalue weighted by molar-refractivity contribution is 7.89. The molecule has 5 aromatic rings. The molecule has 0 fully saturated rings. The van der Waals surface area contributed by atoms with Gasteiger partial charge in [0.05, 0.1) is 15.5 Å². The van der Waals surface area contributed by atoms with Gasteiger partial charge in [-0.2, -0.15) is 0 Å². The number of carbonyl (C=O) groups excluding carboxylic acids is 1. The summed E-state index contributed by atoms with van der Waals surface area (Å²) in [6, 6.07) is 33.3. The number of sulfonamides is 1. The van der Waals surface area contributed by atoms with Crippen LogP contribution >= 0.6 is 11.3 Å². The Kier molecular flexibility index (Phi) is 7.32. The molecule has 4 aromatic carbocycles. The lowest BCUT2D eigenvalue weighted by molar-refractivity contribution is -0.132. The number of hydrogen-bond donors (Lipinski definition) is 2. The fourth-order valence-electron chi connectivity index (χ4n) is 3.79. The summed E-state index contributed by atoms with van der Waals surface area (Å²) in [5, 5.41) is 8.87. The van der Waals surface area contributed by atoms with Gasteiger partial charge in [0.2, 0.25) is 10.0 Å². The smallest absolute Gasteiger partial charge is 0.330 e. The van der Waals surface area contributed by atoms with Gasteiger partial charge in [-0.1, -0.05) is 60.7 Å². The Bertz CT molecular complexity index is 1590. The number of nitrogens with two attached hydrogens (primary N) is 1. The number of carbonyl (C=O) groups is 1. The topological polar surface area (TPSA) is 111 Å². The highest BCUT2D eigenvalue weighted by Crippen LogP contribution is 2.40. The fourth-order valence-corrected chi connectivity index (χ4v) is 5.40. The Labute approximate surface area is 224 Å². The van der Waals surface area contributed by atoms with Crippen LogP contribution in [0.15, 0.2) is 114 Å². The Hall–Kier alpha value is -4.31. The van der Waals surface area contributed by atoms with Crippen molar-refractivity contribution >= 4 is 33.0 Å². The highest BCUT2D eigenvalue weighted by Gasteiger charge is 2.16. The molecule has 0 saturated heterocycles. The van der Waals surface area contributed by atoms with E-state index in [1.165, 1.54) is 24.3 Å². The molecular formula is C29H23N3O4S2. The van der Waals surface area contributed by atoms with E-state index in [1.54, 1.807) is 23.5 Å². The van der Waals surface area contributed by atoms with Crippen molar-refractivity contribution in [3.8, 4) is 38.0 Å². The highest BCUT2D eigenvalue weighted by atomic mass is 32.2. The number of aromatic nitrogens is 1. The predicted octanol–water partition coefficient (Wildman–Crippen LogP) is 5.81. The molecule has 3 N–H and O–H groups in total. The van der Waals surface area contributed by atoms with E-state index in [2.05, 4.69) is 29.6 Å². The van der Waals surface area contributed by atoms with Gasteiger partial charge in [0.1, 0.15) is 17.3 Å². The first-order valence-electron chi connectivity index (χ1n) is 11.7. The number of nitrogens with one attached hydrogen (secondary N) is 1. The number of hydrogen-bond acceptors (Lipinski definition) is 7. The second kappa shape index (κ2) is 11.0. The summed E-state index contributed by atoms with van der Waals surface area (Å²) in [6.07, 6.45) is 0. The molecule has 190 valence electrons. The Morgan fingerprint density at radius 1 is 0.789 bits per heavy atom. The molecule has 0 spiro atoms. The van der Waals surface area contributed by atoms with Gasteiger partial charge in [0.25, 0.3) is 0 Å². The number of rotatable bonds is 8. The minimum atomic E-state index is -3.77. The molecule has 0 aliphatic carbocycles. The van der Waals surface area contributed by atoms with Crippen LogP contribution in [0.5, 0.6) is 5.75 Å². The zero-order valence-electron chi connectivity index (χ0n) is 20.1. The number of thiazole rings is 1. The molecule has 9 heteroatoms. The Balaban J connectivity index is 1.28. The molecule has 38 heavy (non-hydrogen) atoms. The maximum absolute atomic E-state index is 12.3. The lowest BCUT2D eigenvalue weighted by Crippen LogP contribution is -2.19. The second-order valence-corrected chi connectivity index (χ2v) is 10.9. The molecule has 0 saturated carbocycles. The van der Waals surface area contributed by atoms with Crippen molar-refractivity contribution in [2.24, 2.45) is 5.14 Å². The predicted molar refractivity (Wildman–Crippen MR) is 150 cm³/mol. The first-order chi connectivity index (χ1) is 18.4. The van der Waals surface area contributed by atoms with Crippen molar-refractivity contribution in [2.45, 2.75) is 4.90 Å². The van der Waals surface area contributed by atoms with Gasteiger partial charge >= 0.3 is 5.97 Å². The largest absolute Gasteiger partial charge is 0.425 e. The van der Waals surface area contributed by atoms with Gasteiger partial charge in [-0.25, -0.2) is 23.3 Å². The van der Waals surface area contributed by atoms with Crippen LogP contribution in [-0.2, 0) is 14.8 Å². The van der Waals surface area contributed by atoms with Crippen molar-refractivity contribution in [3.05, 3.63) is 109 Å². The van der Waals surface area contributed by atoms with Gasteiger partial charge in [-0.05, 0) is 54.1 Å². The molecule has 5 rings (SSSR count). The Morgan fingerprint density at radius 3 is 2.00 bits per heavy atom. The minimum Gasteiger partial charge on any atom is -0.425 e. The number of anilines is 1. The van der Waals surface area contributed by atoms with Crippen LogP contribution in [0, 0.1) is 0 Å². The van der Waals surface area contributed by atoms with Crippen molar-refractivity contribution in [1.82, 2.24) is 4.98 Å². The van der Waals surface area contributed by atoms with E-state index < -0.39 is 16.0 Å². The monoisotopic (exact) mass is 541 g/mol. The van der Waals surface area contributed by atoms with E-state index in [4.69, 9.17) is 14.9 Å². The summed E-state index contributed by atoms with van der Waals surface area (Å²) in [7, 11) is -3.77. The molecule has 0 bridgehead atoms. The number of ether oxygens (including phenoxy) is 1. The molecule has 0 unspecified atom stereocenters. The van der Waals surface area contributed by atoms with E-state index in [0.29, 0.717) is 11.4 Å². The van der Waals surface area contributed by atoms with Crippen molar-refractivity contribution < 1.29 is 17.9 Å². The molecule has 0 amide bonds. The van der Waals surface area contributed by atoms with E-state index in [9.17, 15) is 13.2 Å². The molecule has 0 radical (unpaired) electrons. The summed E-state index contributed by atoms with van der Waals surface area (Å²) in [5.74, 6) is -0.0755. The van der Waals surface area contributed by atoms with Gasteiger partial charge in [0.15, 0.2) is 0 Å². The number of nitrogens with zero attached hydrogens (tertiary/aromatic N) is 1. The van der Waals surface area contributed by atoms with Crippen molar-refractivity contribution in [2.75, 3.05) is 11.9 Å². The molecule has 0 aliphatic heterocycles. The van der Waals surface area contributed by atoms with Crippen LogP contribution in [-0.4, -0.2) is 25.9 Å². The average Bonchev–Trinajstić information content (AvgIpc) is 3.39. The summed E-state index contributed by atoms with van der Waals surface area (Å²) < 4.78 is 28.1. The zero-order chi connectivity index (χ0) is 26.5. The van der Waals surface area contributed by atoms with Crippen molar-refractivity contribution in [1.29, 1.82) is 0 Å². The summed E-state index contributed by atoms with van der Waals surface area (Å²) in [4.78, 5) is 18.4. The van der Waals surface area contributed by atoms with Crippen molar-refractivity contribution in [3.63, 3.8) is 0 Å². The maximum atomic E-state index is 12.3. The lowest BCUT2D eigenvalue weighted by Gasteiger charge is -2.08. The van der Waals surface area contributed by atoms with Crippen LogP contribution in [0.4, 0.5) is 5.69 Å². The number of benzene rings is 4. The summed E-state index contributed by atoms with van der Waals surface area (Å²) >= 11 is 1.61. The lowest BCUT2D eigenvalue weighted by atomic mass is 10.1. The molecule has 0 aliphatic rings. The fraction of sp³-hybridized carbons (Fsp3) is 0.0345.